The van der Waals surface area contributed by atoms with E-state index in [1.165, 1.54) is 0 Å². The molecule has 0 saturated heterocycles. The van der Waals surface area contributed by atoms with E-state index in [1.54, 1.807) is 0 Å². The first-order valence-electron chi connectivity index (χ1n) is 1.57. The fourth-order valence-corrected chi connectivity index (χ4v) is 0. The van der Waals surface area contributed by atoms with Crippen LogP contribution in [0, 0.1) is 0 Å². The minimum absolute atomic E-state index is 0. The molecule has 73 valence electrons. The van der Waals surface area contributed by atoms with Crippen molar-refractivity contribution in [3.8, 4) is 0 Å². The van der Waals surface area contributed by atoms with E-state index in [4.69, 9.17) is 38.5 Å². The van der Waals surface area contributed by atoms with Crippen molar-refractivity contribution in [2.24, 2.45) is 0 Å². The molecule has 12 heavy (non-hydrogen) atoms. The Morgan fingerprint density at radius 1 is 0.667 bits per heavy atom. The molecule has 0 aliphatic rings. The standard InChI is InChI=1S/Nb.2H3O4P.Zr/c;2*1-5(2,3)4;/h;2*(H3,1,2,3,4);. The van der Waals surface area contributed by atoms with Gasteiger partial charge < -0.3 is 29.4 Å². The van der Waals surface area contributed by atoms with E-state index in [1.807, 2.05) is 0 Å². The van der Waals surface area contributed by atoms with Crippen LogP contribution in [0.5, 0.6) is 0 Å². The van der Waals surface area contributed by atoms with Gasteiger partial charge >= 0.3 is 15.6 Å². The third-order valence-electron chi connectivity index (χ3n) is 0. The Labute approximate surface area is 102 Å². The van der Waals surface area contributed by atoms with Crippen molar-refractivity contribution >= 4 is 15.6 Å². The van der Waals surface area contributed by atoms with Crippen molar-refractivity contribution in [3.05, 3.63) is 0 Å². The summed E-state index contributed by atoms with van der Waals surface area (Å²) in [6, 6.07) is 0. The van der Waals surface area contributed by atoms with Gasteiger partial charge in [-0.1, -0.05) is 0 Å². The Balaban J connectivity index is -0.0000000457. The van der Waals surface area contributed by atoms with Gasteiger partial charge in [-0.2, -0.15) is 0 Å². The Bertz CT molecular complexity index is 129. The molecule has 0 aliphatic heterocycles. The molecule has 0 heterocycles. The van der Waals surface area contributed by atoms with Crippen LogP contribution in [0.15, 0.2) is 0 Å². The normalized spacial score (nSPS) is 9.83. The maximum Gasteiger partial charge on any atom is 0.466 e. The van der Waals surface area contributed by atoms with Crippen molar-refractivity contribution < 1.29 is 87.1 Å². The third kappa shape index (κ3) is 410. The van der Waals surface area contributed by atoms with E-state index < -0.39 is 15.6 Å². The predicted molar refractivity (Wildman–Crippen MR) is 28.5 cm³/mol. The second-order valence-corrected chi connectivity index (χ2v) is 3.08. The van der Waals surface area contributed by atoms with Crippen LogP contribution in [-0.2, 0) is 57.7 Å². The third-order valence-corrected chi connectivity index (χ3v) is 0. The Morgan fingerprint density at radius 3 is 0.667 bits per heavy atom. The van der Waals surface area contributed by atoms with Gasteiger partial charge in [0, 0.05) is 48.6 Å². The Hall–Kier alpha value is 1.84. The van der Waals surface area contributed by atoms with Crippen molar-refractivity contribution in [1.82, 2.24) is 0 Å². The second kappa shape index (κ2) is 9.40. The minimum atomic E-state index is -4.64. The zero-order chi connectivity index (χ0) is 9.00. The van der Waals surface area contributed by atoms with E-state index in [-0.39, 0.29) is 48.6 Å². The molecular formula is H6NbO8P2Zr. The summed E-state index contributed by atoms with van der Waals surface area (Å²) < 4.78 is 17.8. The van der Waals surface area contributed by atoms with Gasteiger partial charge in [0.05, 0.1) is 0 Å². The second-order valence-electron chi connectivity index (χ2n) is 1.03. The first-order chi connectivity index (χ1) is 4.00. The molecule has 0 amide bonds. The topological polar surface area (TPSA) is 156 Å². The van der Waals surface area contributed by atoms with Gasteiger partial charge in [0.25, 0.3) is 0 Å². The minimum Gasteiger partial charge on any atom is -0.303 e. The molecule has 6 N–H and O–H groups in total. The summed E-state index contributed by atoms with van der Waals surface area (Å²) in [4.78, 5) is 43.1. The molecule has 1 radical (unpaired) electrons. The number of hydrogen-bond acceptors (Lipinski definition) is 2. The van der Waals surface area contributed by atoms with E-state index in [2.05, 4.69) is 0 Å². The Morgan fingerprint density at radius 2 is 0.667 bits per heavy atom. The molecule has 0 fully saturated rings. The summed E-state index contributed by atoms with van der Waals surface area (Å²) in [5, 5.41) is 0. The van der Waals surface area contributed by atoms with Gasteiger partial charge in [0.2, 0.25) is 0 Å². The van der Waals surface area contributed by atoms with Crippen LogP contribution in [0.4, 0.5) is 0 Å². The smallest absolute Gasteiger partial charge is 0.303 e. The summed E-state index contributed by atoms with van der Waals surface area (Å²) in [6.45, 7) is 0. The molecule has 0 saturated carbocycles. The van der Waals surface area contributed by atoms with E-state index in [0.29, 0.717) is 0 Å². The van der Waals surface area contributed by atoms with Crippen LogP contribution < -0.4 is 0 Å². The fourth-order valence-electron chi connectivity index (χ4n) is 0. The maximum atomic E-state index is 8.88. The zero-order valence-electron chi connectivity index (χ0n) is 5.34. The fraction of sp³-hybridized carbons (Fsp3) is 0. The number of rotatable bonds is 0. The molecule has 0 atom stereocenters. The molecule has 0 aromatic carbocycles. The van der Waals surface area contributed by atoms with Crippen LogP contribution in [0.25, 0.3) is 0 Å². The van der Waals surface area contributed by atoms with Crippen LogP contribution in [0.1, 0.15) is 0 Å². The quantitative estimate of drug-likeness (QED) is 0.211. The van der Waals surface area contributed by atoms with Crippen LogP contribution >= 0.6 is 15.6 Å². The van der Waals surface area contributed by atoms with E-state index in [0.717, 1.165) is 0 Å². The van der Waals surface area contributed by atoms with Gasteiger partial charge in [-0.25, -0.2) is 9.13 Å². The molecule has 0 aromatic heterocycles. The van der Waals surface area contributed by atoms with Gasteiger partial charge in [-0.3, -0.25) is 0 Å². The van der Waals surface area contributed by atoms with E-state index >= 15 is 0 Å². The SMILES string of the molecule is O=P(O)(O)O.O=P(O)(O)O.[Nb].[Zr]. The van der Waals surface area contributed by atoms with Crippen LogP contribution in [0.3, 0.4) is 0 Å². The summed E-state index contributed by atoms with van der Waals surface area (Å²) in [5.74, 6) is 0. The van der Waals surface area contributed by atoms with Crippen LogP contribution in [-0.4, -0.2) is 29.4 Å². The molecule has 0 bridgehead atoms. The molecule has 0 aromatic rings. The first-order valence-corrected chi connectivity index (χ1v) is 4.70. The average molecular weight is 380 g/mol. The zero-order valence-corrected chi connectivity index (χ0v) is 11.8. The number of hydrogen-bond donors (Lipinski definition) is 6. The van der Waals surface area contributed by atoms with Gasteiger partial charge in [-0.15, -0.1) is 0 Å². The maximum absolute atomic E-state index is 8.88. The monoisotopic (exact) mass is 379 g/mol. The van der Waals surface area contributed by atoms with Gasteiger partial charge in [0.1, 0.15) is 0 Å². The molecule has 8 nitrogen and oxygen atoms in total. The van der Waals surface area contributed by atoms with Crippen molar-refractivity contribution in [2.75, 3.05) is 0 Å². The van der Waals surface area contributed by atoms with E-state index in [9.17, 15) is 0 Å². The largest absolute Gasteiger partial charge is 0.466 e. The summed E-state index contributed by atoms with van der Waals surface area (Å²) in [5.41, 5.74) is 0. The summed E-state index contributed by atoms with van der Waals surface area (Å²) >= 11 is 0. The van der Waals surface area contributed by atoms with Crippen molar-refractivity contribution in [2.45, 2.75) is 0 Å². The molecule has 0 rings (SSSR count). The van der Waals surface area contributed by atoms with Gasteiger partial charge in [0.15, 0.2) is 0 Å². The summed E-state index contributed by atoms with van der Waals surface area (Å²) in [7, 11) is -9.28. The predicted octanol–water partition coefficient (Wildman–Crippen LogP) is -1.86. The molecular weight excluding hydrogens is 374 g/mol. The first kappa shape index (κ1) is 23.6. The molecule has 12 heteroatoms. The average Bonchev–Trinajstić information content (AvgIpc) is 1.12. The molecule has 0 aliphatic carbocycles. The number of phosphoric acid groups is 2. The molecule has 0 spiro atoms. The van der Waals surface area contributed by atoms with Crippen molar-refractivity contribution in [1.29, 1.82) is 0 Å². The Kier molecular flexibility index (Phi) is 18.5. The van der Waals surface area contributed by atoms with Crippen LogP contribution in [0.2, 0.25) is 0 Å². The van der Waals surface area contributed by atoms with Gasteiger partial charge in [-0.05, 0) is 0 Å². The van der Waals surface area contributed by atoms with Crippen molar-refractivity contribution in [3.63, 3.8) is 0 Å². The summed E-state index contributed by atoms with van der Waals surface area (Å²) in [6.07, 6.45) is 0. The molecule has 0 unspecified atom stereocenters.